The summed E-state index contributed by atoms with van der Waals surface area (Å²) in [6.07, 6.45) is 10.6. The number of hydrogen-bond donors (Lipinski definition) is 1. The van der Waals surface area contributed by atoms with Crippen molar-refractivity contribution in [2.45, 2.75) is 51.4 Å². The lowest BCUT2D eigenvalue weighted by molar-refractivity contribution is 0.283. The number of halogens is 1. The molecule has 0 spiro atoms. The Bertz CT molecular complexity index is 269. The standard InChI is InChI=1S/C15H30N4.HI/c16-15(19-13-6-3-7-14-19)17-9-8-12-18-10-4-1-2-5-11-18;/h1-14H2,(H2,16,17);1H. The minimum absolute atomic E-state index is 0. The molecule has 0 aromatic carbocycles. The van der Waals surface area contributed by atoms with Gasteiger partial charge in [0.2, 0.25) is 0 Å². The third-order valence-electron chi connectivity index (χ3n) is 4.28. The topological polar surface area (TPSA) is 44.9 Å². The first-order chi connectivity index (χ1) is 9.36. The zero-order valence-electron chi connectivity index (χ0n) is 12.7. The monoisotopic (exact) mass is 394 g/mol. The first-order valence-corrected chi connectivity index (χ1v) is 8.13. The lowest BCUT2D eigenvalue weighted by atomic mass is 10.1. The van der Waals surface area contributed by atoms with Gasteiger partial charge in [-0.3, -0.25) is 4.99 Å². The molecule has 2 aliphatic heterocycles. The minimum atomic E-state index is 0. The van der Waals surface area contributed by atoms with Gasteiger partial charge in [0, 0.05) is 19.6 Å². The van der Waals surface area contributed by atoms with Gasteiger partial charge >= 0.3 is 0 Å². The molecule has 2 heterocycles. The Kier molecular flexibility index (Phi) is 9.59. The number of aliphatic imine (C=N–C) groups is 1. The highest BCUT2D eigenvalue weighted by molar-refractivity contribution is 14.0. The molecule has 2 aliphatic rings. The summed E-state index contributed by atoms with van der Waals surface area (Å²) in [7, 11) is 0. The average molecular weight is 394 g/mol. The molecule has 0 unspecified atom stereocenters. The molecule has 20 heavy (non-hydrogen) atoms. The highest BCUT2D eigenvalue weighted by atomic mass is 127. The third-order valence-corrected chi connectivity index (χ3v) is 4.28. The summed E-state index contributed by atoms with van der Waals surface area (Å²) in [5.74, 6) is 0.774. The predicted molar refractivity (Wildman–Crippen MR) is 96.9 cm³/mol. The fourth-order valence-electron chi connectivity index (χ4n) is 3.07. The number of likely N-dealkylation sites (tertiary alicyclic amines) is 2. The van der Waals surface area contributed by atoms with E-state index in [9.17, 15) is 0 Å². The van der Waals surface area contributed by atoms with Crippen LogP contribution in [0.15, 0.2) is 4.99 Å². The highest BCUT2D eigenvalue weighted by Crippen LogP contribution is 2.10. The number of nitrogens with zero attached hydrogens (tertiary/aromatic N) is 3. The van der Waals surface area contributed by atoms with Crippen molar-refractivity contribution in [1.82, 2.24) is 9.80 Å². The minimum Gasteiger partial charge on any atom is -0.370 e. The van der Waals surface area contributed by atoms with Crippen LogP contribution in [0.25, 0.3) is 0 Å². The van der Waals surface area contributed by atoms with E-state index in [1.165, 1.54) is 64.6 Å². The van der Waals surface area contributed by atoms with Gasteiger partial charge in [0.15, 0.2) is 5.96 Å². The lowest BCUT2D eigenvalue weighted by Gasteiger charge is -2.27. The van der Waals surface area contributed by atoms with Crippen LogP contribution in [-0.4, -0.2) is 55.0 Å². The number of guanidine groups is 1. The fraction of sp³-hybridized carbons (Fsp3) is 0.933. The molecule has 118 valence electrons. The Morgan fingerprint density at radius 1 is 0.850 bits per heavy atom. The van der Waals surface area contributed by atoms with E-state index in [0.717, 1.165) is 32.0 Å². The number of nitrogens with two attached hydrogens (primary N) is 1. The lowest BCUT2D eigenvalue weighted by Crippen LogP contribution is -2.41. The Labute approximate surface area is 141 Å². The molecule has 0 aromatic heterocycles. The Morgan fingerprint density at radius 3 is 2.05 bits per heavy atom. The highest BCUT2D eigenvalue weighted by Gasteiger charge is 2.12. The maximum atomic E-state index is 6.05. The maximum Gasteiger partial charge on any atom is 0.191 e. The molecule has 4 nitrogen and oxygen atoms in total. The van der Waals surface area contributed by atoms with E-state index >= 15 is 0 Å². The first kappa shape index (κ1) is 18.0. The van der Waals surface area contributed by atoms with Crippen LogP contribution < -0.4 is 5.73 Å². The second kappa shape index (κ2) is 10.7. The quantitative estimate of drug-likeness (QED) is 0.345. The van der Waals surface area contributed by atoms with Crippen molar-refractivity contribution in [2.75, 3.05) is 39.3 Å². The van der Waals surface area contributed by atoms with Crippen LogP contribution in [0.2, 0.25) is 0 Å². The van der Waals surface area contributed by atoms with E-state index < -0.39 is 0 Å². The summed E-state index contributed by atoms with van der Waals surface area (Å²) in [5, 5.41) is 0. The molecule has 2 saturated heterocycles. The van der Waals surface area contributed by atoms with E-state index in [-0.39, 0.29) is 24.0 Å². The van der Waals surface area contributed by atoms with Crippen molar-refractivity contribution < 1.29 is 0 Å². The van der Waals surface area contributed by atoms with Crippen LogP contribution in [0.4, 0.5) is 0 Å². The summed E-state index contributed by atoms with van der Waals surface area (Å²) in [6.45, 7) is 6.84. The second-order valence-electron chi connectivity index (χ2n) is 5.90. The van der Waals surface area contributed by atoms with Crippen LogP contribution in [0, 0.1) is 0 Å². The van der Waals surface area contributed by atoms with Gasteiger partial charge in [-0.15, -0.1) is 24.0 Å². The fourth-order valence-corrected chi connectivity index (χ4v) is 3.07. The van der Waals surface area contributed by atoms with E-state index in [2.05, 4.69) is 14.8 Å². The second-order valence-corrected chi connectivity index (χ2v) is 5.90. The van der Waals surface area contributed by atoms with Gasteiger partial charge < -0.3 is 15.5 Å². The third kappa shape index (κ3) is 6.61. The van der Waals surface area contributed by atoms with E-state index in [4.69, 9.17) is 5.73 Å². The van der Waals surface area contributed by atoms with Gasteiger partial charge in [0.25, 0.3) is 0 Å². The summed E-state index contributed by atoms with van der Waals surface area (Å²) in [4.78, 5) is 9.39. The molecule has 2 fully saturated rings. The number of rotatable bonds is 4. The van der Waals surface area contributed by atoms with Crippen LogP contribution in [0.3, 0.4) is 0 Å². The molecule has 0 amide bonds. The SMILES string of the molecule is I.NC(=NCCCN1CCCCCC1)N1CCCCC1. The molecule has 2 N–H and O–H groups in total. The van der Waals surface area contributed by atoms with Gasteiger partial charge in [-0.25, -0.2) is 0 Å². The van der Waals surface area contributed by atoms with Crippen LogP contribution in [0.1, 0.15) is 51.4 Å². The largest absolute Gasteiger partial charge is 0.370 e. The summed E-state index contributed by atoms with van der Waals surface area (Å²) in [6, 6.07) is 0. The summed E-state index contributed by atoms with van der Waals surface area (Å²) >= 11 is 0. The van der Waals surface area contributed by atoms with Gasteiger partial charge in [-0.1, -0.05) is 12.8 Å². The smallest absolute Gasteiger partial charge is 0.191 e. The maximum absolute atomic E-state index is 6.05. The number of hydrogen-bond acceptors (Lipinski definition) is 2. The zero-order chi connectivity index (χ0) is 13.3. The molecular weight excluding hydrogens is 363 g/mol. The van der Waals surface area contributed by atoms with Crippen molar-refractivity contribution in [3.8, 4) is 0 Å². The van der Waals surface area contributed by atoms with Crippen LogP contribution >= 0.6 is 24.0 Å². The molecule has 0 bridgehead atoms. The normalized spacial score (nSPS) is 22.2. The summed E-state index contributed by atoms with van der Waals surface area (Å²) in [5.41, 5.74) is 6.05. The van der Waals surface area contributed by atoms with E-state index in [1.807, 2.05) is 0 Å². The predicted octanol–water partition coefficient (Wildman–Crippen LogP) is 2.67. The van der Waals surface area contributed by atoms with Crippen molar-refractivity contribution in [1.29, 1.82) is 0 Å². The molecule has 0 saturated carbocycles. The molecule has 5 heteroatoms. The zero-order valence-corrected chi connectivity index (χ0v) is 15.1. The molecule has 0 atom stereocenters. The summed E-state index contributed by atoms with van der Waals surface area (Å²) < 4.78 is 0. The van der Waals surface area contributed by atoms with Crippen molar-refractivity contribution in [3.63, 3.8) is 0 Å². The molecule has 0 aliphatic carbocycles. The average Bonchev–Trinajstić information content (AvgIpc) is 2.73. The van der Waals surface area contributed by atoms with Gasteiger partial charge in [0.1, 0.15) is 0 Å². The van der Waals surface area contributed by atoms with Crippen molar-refractivity contribution >= 4 is 29.9 Å². The molecular formula is C15H31IN4. The van der Waals surface area contributed by atoms with Crippen molar-refractivity contribution in [2.24, 2.45) is 10.7 Å². The van der Waals surface area contributed by atoms with Crippen LogP contribution in [-0.2, 0) is 0 Å². The number of piperidine rings is 1. The van der Waals surface area contributed by atoms with Gasteiger partial charge in [-0.2, -0.15) is 0 Å². The van der Waals surface area contributed by atoms with E-state index in [0.29, 0.717) is 0 Å². The van der Waals surface area contributed by atoms with Gasteiger partial charge in [-0.05, 0) is 58.2 Å². The van der Waals surface area contributed by atoms with Crippen molar-refractivity contribution in [3.05, 3.63) is 0 Å². The molecule has 0 aromatic rings. The Hall–Kier alpha value is -0.0400. The van der Waals surface area contributed by atoms with Crippen LogP contribution in [0.5, 0.6) is 0 Å². The Balaban J connectivity index is 0.00000200. The van der Waals surface area contributed by atoms with E-state index in [1.54, 1.807) is 0 Å². The molecule has 0 radical (unpaired) electrons. The Morgan fingerprint density at radius 2 is 1.40 bits per heavy atom. The first-order valence-electron chi connectivity index (χ1n) is 8.13. The van der Waals surface area contributed by atoms with Gasteiger partial charge in [0.05, 0.1) is 0 Å². The molecule has 2 rings (SSSR count).